The first-order chi connectivity index (χ1) is 15.0. The Labute approximate surface area is 195 Å². The summed E-state index contributed by atoms with van der Waals surface area (Å²) in [5.74, 6) is -0.340. The molecule has 0 aromatic heterocycles. The summed E-state index contributed by atoms with van der Waals surface area (Å²) in [5, 5.41) is 3.48. The largest absolute Gasteiger partial charge is 0.347 e. The SMILES string of the molecule is Cc1ccc(S(=O)(=O)N(Cc2ccc(Cl)cc2)c2ccccc2C(=O)NC(C)(C)C)cc1. The van der Waals surface area contributed by atoms with Crippen LogP contribution in [0.25, 0.3) is 0 Å². The maximum Gasteiger partial charge on any atom is 0.264 e. The maximum atomic E-state index is 13.7. The van der Waals surface area contributed by atoms with Crippen molar-refractivity contribution in [2.75, 3.05) is 4.31 Å². The van der Waals surface area contributed by atoms with E-state index in [9.17, 15) is 13.2 Å². The second-order valence-electron chi connectivity index (χ2n) is 8.67. The molecular weight excluding hydrogens is 444 g/mol. The summed E-state index contributed by atoms with van der Waals surface area (Å²) < 4.78 is 28.8. The van der Waals surface area contributed by atoms with Gasteiger partial charge in [0.15, 0.2) is 0 Å². The number of benzene rings is 3. The van der Waals surface area contributed by atoms with Crippen LogP contribution in [0.15, 0.2) is 77.7 Å². The Hall–Kier alpha value is -2.83. The van der Waals surface area contributed by atoms with Gasteiger partial charge in [-0.05, 0) is 69.7 Å². The van der Waals surface area contributed by atoms with E-state index in [1.54, 1.807) is 72.8 Å². The highest BCUT2D eigenvalue weighted by Gasteiger charge is 2.29. The molecule has 5 nitrogen and oxygen atoms in total. The van der Waals surface area contributed by atoms with E-state index >= 15 is 0 Å². The summed E-state index contributed by atoms with van der Waals surface area (Å²) in [5.41, 5.74) is 1.83. The summed E-state index contributed by atoms with van der Waals surface area (Å²) >= 11 is 6.01. The van der Waals surface area contributed by atoms with Crippen molar-refractivity contribution in [2.45, 2.75) is 44.7 Å². The highest BCUT2D eigenvalue weighted by Crippen LogP contribution is 2.30. The van der Waals surface area contributed by atoms with Gasteiger partial charge in [-0.1, -0.05) is 53.6 Å². The molecule has 0 saturated carbocycles. The molecule has 3 aromatic carbocycles. The van der Waals surface area contributed by atoms with Gasteiger partial charge in [-0.3, -0.25) is 9.10 Å². The Balaban J connectivity index is 2.14. The first kappa shape index (κ1) is 23.8. The van der Waals surface area contributed by atoms with Crippen molar-refractivity contribution >= 4 is 33.2 Å². The molecule has 1 N–H and O–H groups in total. The number of anilines is 1. The van der Waals surface area contributed by atoms with Gasteiger partial charge in [-0.25, -0.2) is 8.42 Å². The molecule has 168 valence electrons. The van der Waals surface area contributed by atoms with E-state index in [1.807, 2.05) is 27.7 Å². The lowest BCUT2D eigenvalue weighted by atomic mass is 10.1. The minimum absolute atomic E-state index is 0.0488. The number of carbonyl (C=O) groups is 1. The van der Waals surface area contributed by atoms with Crippen LogP contribution in [0.1, 0.15) is 42.3 Å². The zero-order valence-electron chi connectivity index (χ0n) is 18.6. The fourth-order valence-corrected chi connectivity index (χ4v) is 4.78. The summed E-state index contributed by atoms with van der Waals surface area (Å²) in [4.78, 5) is 13.2. The Morgan fingerprint density at radius 3 is 2.12 bits per heavy atom. The third-order valence-electron chi connectivity index (χ3n) is 4.75. The number of rotatable bonds is 6. The smallest absolute Gasteiger partial charge is 0.264 e. The topological polar surface area (TPSA) is 66.5 Å². The second kappa shape index (κ2) is 9.35. The van der Waals surface area contributed by atoms with E-state index in [-0.39, 0.29) is 22.9 Å². The molecule has 0 spiro atoms. The molecule has 0 heterocycles. The Morgan fingerprint density at radius 2 is 1.53 bits per heavy atom. The number of nitrogens with one attached hydrogen (secondary N) is 1. The van der Waals surface area contributed by atoms with Crippen molar-refractivity contribution in [3.63, 3.8) is 0 Å². The highest BCUT2D eigenvalue weighted by atomic mass is 35.5. The van der Waals surface area contributed by atoms with Gasteiger partial charge in [0.2, 0.25) is 0 Å². The number of sulfonamides is 1. The van der Waals surface area contributed by atoms with Gasteiger partial charge >= 0.3 is 0 Å². The monoisotopic (exact) mass is 470 g/mol. The molecular formula is C25H27ClN2O3S. The van der Waals surface area contributed by atoms with E-state index in [2.05, 4.69) is 5.32 Å². The molecule has 3 rings (SSSR count). The average Bonchev–Trinajstić information content (AvgIpc) is 2.72. The van der Waals surface area contributed by atoms with Crippen LogP contribution in [0.3, 0.4) is 0 Å². The minimum Gasteiger partial charge on any atom is -0.347 e. The molecule has 0 atom stereocenters. The highest BCUT2D eigenvalue weighted by molar-refractivity contribution is 7.92. The van der Waals surface area contributed by atoms with Gasteiger partial charge in [0.25, 0.3) is 15.9 Å². The Bertz CT molecular complexity index is 1200. The molecule has 0 bridgehead atoms. The first-order valence-electron chi connectivity index (χ1n) is 10.2. The average molecular weight is 471 g/mol. The predicted octanol–water partition coefficient (Wildman–Crippen LogP) is 5.57. The molecule has 0 fully saturated rings. The number of amides is 1. The van der Waals surface area contributed by atoms with Crippen LogP contribution < -0.4 is 9.62 Å². The zero-order valence-corrected chi connectivity index (χ0v) is 20.2. The molecule has 32 heavy (non-hydrogen) atoms. The number of nitrogens with zero attached hydrogens (tertiary/aromatic N) is 1. The van der Waals surface area contributed by atoms with Crippen LogP contribution in [-0.4, -0.2) is 19.9 Å². The van der Waals surface area contributed by atoms with E-state index in [0.717, 1.165) is 11.1 Å². The van der Waals surface area contributed by atoms with E-state index in [1.165, 1.54) is 4.31 Å². The molecule has 1 amide bonds. The second-order valence-corrected chi connectivity index (χ2v) is 11.0. The molecule has 0 aliphatic carbocycles. The molecule has 0 unspecified atom stereocenters. The zero-order chi connectivity index (χ0) is 23.5. The van der Waals surface area contributed by atoms with Gasteiger partial charge < -0.3 is 5.32 Å². The van der Waals surface area contributed by atoms with Crippen molar-refractivity contribution in [3.8, 4) is 0 Å². The van der Waals surface area contributed by atoms with Crippen molar-refractivity contribution in [2.24, 2.45) is 0 Å². The van der Waals surface area contributed by atoms with Crippen molar-refractivity contribution < 1.29 is 13.2 Å². The van der Waals surface area contributed by atoms with Crippen LogP contribution in [0, 0.1) is 6.92 Å². The number of hydrogen-bond acceptors (Lipinski definition) is 3. The van der Waals surface area contributed by atoms with Crippen LogP contribution in [-0.2, 0) is 16.6 Å². The third kappa shape index (κ3) is 5.69. The van der Waals surface area contributed by atoms with Gasteiger partial charge in [-0.15, -0.1) is 0 Å². The lowest BCUT2D eigenvalue weighted by Crippen LogP contribution is -2.41. The van der Waals surface area contributed by atoms with Gasteiger partial charge in [0.1, 0.15) is 0 Å². The fourth-order valence-electron chi connectivity index (χ4n) is 3.18. The van der Waals surface area contributed by atoms with E-state index in [4.69, 9.17) is 11.6 Å². The quantitative estimate of drug-likeness (QED) is 0.512. The predicted molar refractivity (Wildman–Crippen MR) is 130 cm³/mol. The van der Waals surface area contributed by atoms with Gasteiger partial charge in [-0.2, -0.15) is 0 Å². The normalized spacial score (nSPS) is 11.8. The standard InChI is InChI=1S/C25H27ClN2O3S/c1-18-9-15-21(16-10-18)32(30,31)28(17-19-11-13-20(26)14-12-19)23-8-6-5-7-22(23)24(29)27-25(2,3)4/h5-16H,17H2,1-4H3,(H,27,29). The number of carbonyl (C=O) groups excluding carboxylic acids is 1. The molecule has 0 aliphatic heterocycles. The Morgan fingerprint density at radius 1 is 0.938 bits per heavy atom. The lowest BCUT2D eigenvalue weighted by Gasteiger charge is -2.28. The molecule has 0 radical (unpaired) electrons. The van der Waals surface area contributed by atoms with Crippen LogP contribution in [0.4, 0.5) is 5.69 Å². The number of para-hydroxylation sites is 1. The first-order valence-corrected chi connectivity index (χ1v) is 12.0. The third-order valence-corrected chi connectivity index (χ3v) is 6.78. The molecule has 0 aliphatic rings. The summed E-state index contributed by atoms with van der Waals surface area (Å²) in [6.07, 6.45) is 0. The fraction of sp³-hybridized carbons (Fsp3) is 0.240. The van der Waals surface area contributed by atoms with Crippen molar-refractivity contribution in [1.29, 1.82) is 0 Å². The van der Waals surface area contributed by atoms with Crippen molar-refractivity contribution in [1.82, 2.24) is 5.32 Å². The van der Waals surface area contributed by atoms with Gasteiger partial charge in [0, 0.05) is 10.6 Å². The number of hydrogen-bond donors (Lipinski definition) is 1. The summed E-state index contributed by atoms with van der Waals surface area (Å²) in [6.45, 7) is 7.58. The minimum atomic E-state index is -3.96. The summed E-state index contributed by atoms with van der Waals surface area (Å²) in [7, 11) is -3.96. The molecule has 0 saturated heterocycles. The summed E-state index contributed by atoms with van der Waals surface area (Å²) in [6, 6.07) is 20.4. The van der Waals surface area contributed by atoms with Crippen LogP contribution in [0.5, 0.6) is 0 Å². The Kier molecular flexibility index (Phi) is 6.96. The molecule has 3 aromatic rings. The number of halogens is 1. The lowest BCUT2D eigenvalue weighted by molar-refractivity contribution is 0.0920. The van der Waals surface area contributed by atoms with Crippen LogP contribution >= 0.6 is 11.6 Å². The van der Waals surface area contributed by atoms with E-state index in [0.29, 0.717) is 10.7 Å². The maximum absolute atomic E-state index is 13.7. The van der Waals surface area contributed by atoms with E-state index < -0.39 is 15.6 Å². The number of aryl methyl sites for hydroxylation is 1. The van der Waals surface area contributed by atoms with Gasteiger partial charge in [0.05, 0.1) is 22.7 Å². The molecule has 7 heteroatoms. The van der Waals surface area contributed by atoms with Crippen molar-refractivity contribution in [3.05, 3.63) is 94.5 Å². The van der Waals surface area contributed by atoms with Crippen LogP contribution in [0.2, 0.25) is 5.02 Å².